The van der Waals surface area contributed by atoms with Crippen molar-refractivity contribution in [1.82, 2.24) is 10.7 Å². The molecule has 0 heterocycles. The molecule has 3 rings (SSSR count). The summed E-state index contributed by atoms with van der Waals surface area (Å²) in [5.41, 5.74) is 4.53. The predicted molar refractivity (Wildman–Crippen MR) is 142 cm³/mol. The molecule has 0 aliphatic carbocycles. The summed E-state index contributed by atoms with van der Waals surface area (Å²) in [6.45, 7) is 0. The van der Waals surface area contributed by atoms with Gasteiger partial charge in [-0.2, -0.15) is 5.10 Å². The van der Waals surface area contributed by atoms with Crippen LogP contribution in [0.25, 0.3) is 6.08 Å². The second-order valence-electron chi connectivity index (χ2n) is 6.88. The van der Waals surface area contributed by atoms with E-state index in [1.54, 1.807) is 43.5 Å². The summed E-state index contributed by atoms with van der Waals surface area (Å²) in [5.74, 6) is -0.414. The lowest BCUT2D eigenvalue weighted by molar-refractivity contribution is -0.117. The highest BCUT2D eigenvalue weighted by atomic mass is 79.9. The van der Waals surface area contributed by atoms with E-state index in [0.717, 1.165) is 14.5 Å². The Bertz CT molecular complexity index is 1240. The van der Waals surface area contributed by atoms with Crippen LogP contribution in [-0.4, -0.2) is 25.1 Å². The van der Waals surface area contributed by atoms with E-state index >= 15 is 0 Å². The molecular weight excluding hydrogens is 562 g/mol. The molecule has 0 aliphatic heterocycles. The van der Waals surface area contributed by atoms with Crippen molar-refractivity contribution in [2.75, 3.05) is 7.11 Å². The van der Waals surface area contributed by atoms with Crippen molar-refractivity contribution in [3.8, 4) is 5.75 Å². The second-order valence-corrected chi connectivity index (χ2v) is 8.65. The summed E-state index contributed by atoms with van der Waals surface area (Å²) in [6, 6.07) is 21.9. The Morgan fingerprint density at radius 2 is 1.65 bits per heavy atom. The van der Waals surface area contributed by atoms with Gasteiger partial charge in [-0.15, -0.1) is 0 Å². The molecule has 0 atom stereocenters. The summed E-state index contributed by atoms with van der Waals surface area (Å²) < 4.78 is 6.93. The topological polar surface area (TPSA) is 79.8 Å². The molecule has 0 unspecified atom stereocenters. The van der Waals surface area contributed by atoms with Gasteiger partial charge in [-0.25, -0.2) is 5.43 Å². The van der Waals surface area contributed by atoms with Gasteiger partial charge in [0.15, 0.2) is 0 Å². The van der Waals surface area contributed by atoms with Gasteiger partial charge in [-0.3, -0.25) is 9.59 Å². The summed E-state index contributed by atoms with van der Waals surface area (Å²) in [7, 11) is 1.54. The fourth-order valence-corrected chi connectivity index (χ4v) is 4.31. The Morgan fingerprint density at radius 3 is 2.32 bits per heavy atom. The van der Waals surface area contributed by atoms with Crippen LogP contribution in [0, 0.1) is 0 Å². The van der Waals surface area contributed by atoms with Crippen LogP contribution in [0.3, 0.4) is 0 Å². The van der Waals surface area contributed by atoms with Crippen molar-refractivity contribution in [2.45, 2.75) is 0 Å². The fourth-order valence-electron chi connectivity index (χ4n) is 2.89. The van der Waals surface area contributed by atoms with E-state index in [1.165, 1.54) is 12.3 Å². The third kappa shape index (κ3) is 7.26. The predicted octanol–water partition coefficient (Wildman–Crippen LogP) is 5.70. The molecule has 0 fully saturated rings. The Labute approximate surface area is 214 Å². The van der Waals surface area contributed by atoms with E-state index < -0.39 is 11.8 Å². The number of benzene rings is 3. The number of rotatable bonds is 8. The largest absolute Gasteiger partial charge is 0.495 e. The van der Waals surface area contributed by atoms with Crippen LogP contribution in [0.2, 0.25) is 0 Å². The van der Waals surface area contributed by atoms with Gasteiger partial charge < -0.3 is 10.1 Å². The third-order valence-electron chi connectivity index (χ3n) is 4.49. The number of allylic oxidation sites excluding steroid dienone is 2. The number of methoxy groups -OCH3 is 1. The maximum Gasteiger partial charge on any atom is 0.287 e. The van der Waals surface area contributed by atoms with Gasteiger partial charge >= 0.3 is 0 Å². The number of hydrazone groups is 1. The summed E-state index contributed by atoms with van der Waals surface area (Å²) in [4.78, 5) is 25.5. The van der Waals surface area contributed by atoms with Crippen LogP contribution >= 0.6 is 31.9 Å². The number of hydrogen-bond donors (Lipinski definition) is 2. The molecule has 0 spiro atoms. The van der Waals surface area contributed by atoms with E-state index in [9.17, 15) is 9.59 Å². The average Bonchev–Trinajstić information content (AvgIpc) is 2.84. The SMILES string of the molecule is COc1c(Br)cc(Br)cc1/C=N\NC(=O)/C(=C/C=C/c1ccccc1)NC(=O)c1ccccc1. The molecule has 2 amide bonds. The molecule has 0 saturated carbocycles. The van der Waals surface area contributed by atoms with Crippen molar-refractivity contribution in [3.63, 3.8) is 0 Å². The van der Waals surface area contributed by atoms with Gasteiger partial charge in [0.2, 0.25) is 0 Å². The lowest BCUT2D eigenvalue weighted by atomic mass is 10.2. The van der Waals surface area contributed by atoms with Gasteiger partial charge in [0.05, 0.1) is 17.8 Å². The molecule has 3 aromatic rings. The maximum atomic E-state index is 12.8. The molecule has 0 bridgehead atoms. The zero-order chi connectivity index (χ0) is 24.3. The maximum absolute atomic E-state index is 12.8. The summed E-state index contributed by atoms with van der Waals surface area (Å²) in [5, 5.41) is 6.69. The van der Waals surface area contributed by atoms with Gasteiger partial charge in [-0.1, -0.05) is 76.6 Å². The highest BCUT2D eigenvalue weighted by molar-refractivity contribution is 9.11. The van der Waals surface area contributed by atoms with Crippen LogP contribution in [0.4, 0.5) is 0 Å². The molecule has 3 aromatic carbocycles. The van der Waals surface area contributed by atoms with E-state index in [-0.39, 0.29) is 5.70 Å². The molecule has 6 nitrogen and oxygen atoms in total. The van der Waals surface area contributed by atoms with Gasteiger partial charge in [0.1, 0.15) is 11.4 Å². The van der Waals surface area contributed by atoms with Crippen molar-refractivity contribution in [1.29, 1.82) is 0 Å². The molecule has 8 heteroatoms. The zero-order valence-corrected chi connectivity index (χ0v) is 21.3. The standard InChI is InChI=1S/C26H21Br2N3O3/c1-34-24-20(15-21(27)16-22(24)28)17-29-31-26(33)23(14-8-11-18-9-4-2-5-10-18)30-25(32)19-12-6-3-7-13-19/h2-17H,1H3,(H,30,32)(H,31,33)/b11-8+,23-14-,29-17-. The quantitative estimate of drug-likeness (QED) is 0.155. The van der Waals surface area contributed by atoms with Crippen LogP contribution in [0.15, 0.2) is 105 Å². The molecule has 0 aromatic heterocycles. The highest BCUT2D eigenvalue weighted by Crippen LogP contribution is 2.31. The van der Waals surface area contributed by atoms with E-state index in [2.05, 4.69) is 47.7 Å². The minimum Gasteiger partial charge on any atom is -0.495 e. The number of amides is 2. The molecule has 172 valence electrons. The van der Waals surface area contributed by atoms with Crippen LogP contribution in [0.1, 0.15) is 21.5 Å². The van der Waals surface area contributed by atoms with Gasteiger partial charge in [-0.05, 0) is 51.8 Å². The number of hydrogen-bond acceptors (Lipinski definition) is 4. The number of nitrogens with zero attached hydrogens (tertiary/aromatic N) is 1. The molecular formula is C26H21Br2N3O3. The van der Waals surface area contributed by atoms with Crippen molar-refractivity contribution in [2.24, 2.45) is 5.10 Å². The summed E-state index contributed by atoms with van der Waals surface area (Å²) >= 11 is 6.85. The molecule has 0 radical (unpaired) electrons. The molecule has 34 heavy (non-hydrogen) atoms. The molecule has 0 saturated heterocycles. The van der Waals surface area contributed by atoms with E-state index in [0.29, 0.717) is 16.9 Å². The smallest absolute Gasteiger partial charge is 0.287 e. The highest BCUT2D eigenvalue weighted by Gasteiger charge is 2.14. The Morgan fingerprint density at radius 1 is 0.971 bits per heavy atom. The first kappa shape index (κ1) is 25.1. The number of carbonyl (C=O) groups is 2. The number of ether oxygens (including phenoxy) is 1. The van der Waals surface area contributed by atoms with Crippen molar-refractivity contribution >= 4 is 56.0 Å². The zero-order valence-electron chi connectivity index (χ0n) is 18.2. The summed E-state index contributed by atoms with van der Waals surface area (Å²) in [6.07, 6.45) is 6.50. The number of nitrogens with one attached hydrogen (secondary N) is 2. The minimum atomic E-state index is -0.578. The first-order valence-electron chi connectivity index (χ1n) is 10.1. The van der Waals surface area contributed by atoms with Gasteiger partial charge in [0.25, 0.3) is 11.8 Å². The third-order valence-corrected chi connectivity index (χ3v) is 5.54. The normalized spacial score (nSPS) is 11.6. The monoisotopic (exact) mass is 581 g/mol. The van der Waals surface area contributed by atoms with Gasteiger partial charge in [0, 0.05) is 15.6 Å². The van der Waals surface area contributed by atoms with Crippen LogP contribution in [0.5, 0.6) is 5.75 Å². The van der Waals surface area contributed by atoms with Crippen LogP contribution in [-0.2, 0) is 4.79 Å². The Kier molecular flexibility index (Phi) is 9.37. The average molecular weight is 583 g/mol. The number of carbonyl (C=O) groups excluding carboxylic acids is 2. The lowest BCUT2D eigenvalue weighted by Gasteiger charge is -2.09. The number of halogens is 2. The lowest BCUT2D eigenvalue weighted by Crippen LogP contribution is -2.32. The van der Waals surface area contributed by atoms with E-state index in [4.69, 9.17) is 4.74 Å². The van der Waals surface area contributed by atoms with Crippen LogP contribution < -0.4 is 15.5 Å². The Hall–Kier alpha value is -3.49. The molecule has 2 N–H and O–H groups in total. The first-order chi connectivity index (χ1) is 16.5. The fraction of sp³-hybridized carbons (Fsp3) is 0.0385. The second kappa shape index (κ2) is 12.7. The first-order valence-corrected chi connectivity index (χ1v) is 11.7. The Balaban J connectivity index is 1.80. The minimum absolute atomic E-state index is 0.0422. The van der Waals surface area contributed by atoms with Crippen molar-refractivity contribution < 1.29 is 14.3 Å². The molecule has 0 aliphatic rings. The van der Waals surface area contributed by atoms with E-state index in [1.807, 2.05) is 48.5 Å². The van der Waals surface area contributed by atoms with Crippen molar-refractivity contribution in [3.05, 3.63) is 116 Å².